The number of nitrogens with zero attached hydrogens (tertiary/aromatic N) is 4. The Balaban J connectivity index is 2.21. The van der Waals surface area contributed by atoms with Crippen molar-refractivity contribution < 1.29 is 14.6 Å². The number of ether oxygens (including phenoxy) is 1. The summed E-state index contributed by atoms with van der Waals surface area (Å²) in [5.41, 5.74) is -1.39. The molecular formula is C16H12N4O6. The minimum atomic E-state index is -0.941. The summed E-state index contributed by atoms with van der Waals surface area (Å²) in [6.07, 6.45) is 1.90. The average Bonchev–Trinajstić information content (AvgIpc) is 2.61. The molecule has 3 aromatic rings. The summed E-state index contributed by atoms with van der Waals surface area (Å²) in [4.78, 5) is 37.4. The molecule has 0 amide bonds. The highest BCUT2D eigenvalue weighted by Crippen LogP contribution is 2.34. The number of pyridine rings is 1. The number of nitro benzene ring substituents is 1. The summed E-state index contributed by atoms with van der Waals surface area (Å²) < 4.78 is 6.34. The van der Waals surface area contributed by atoms with Crippen molar-refractivity contribution in [3.8, 4) is 11.6 Å². The zero-order chi connectivity index (χ0) is 18.8. The lowest BCUT2D eigenvalue weighted by molar-refractivity contribution is -0.388. The Labute approximate surface area is 145 Å². The SMILES string of the molecule is CCc1ccc(Oc2nc3ccccn3c(=O)c2[N+](=O)[O-])c([N+](=O)[O-])c1. The van der Waals surface area contributed by atoms with E-state index in [1.807, 2.05) is 6.92 Å². The van der Waals surface area contributed by atoms with Gasteiger partial charge in [-0.2, -0.15) is 4.98 Å². The van der Waals surface area contributed by atoms with E-state index in [-0.39, 0.29) is 17.1 Å². The van der Waals surface area contributed by atoms with Gasteiger partial charge in [-0.3, -0.25) is 29.4 Å². The Morgan fingerprint density at radius 2 is 1.92 bits per heavy atom. The minimum Gasteiger partial charge on any atom is -0.426 e. The number of hydrogen-bond acceptors (Lipinski definition) is 7. The molecule has 0 saturated heterocycles. The molecule has 10 heteroatoms. The lowest BCUT2D eigenvalue weighted by atomic mass is 10.1. The third kappa shape index (κ3) is 2.95. The smallest absolute Gasteiger partial charge is 0.396 e. The van der Waals surface area contributed by atoms with Crippen LogP contribution in [0.2, 0.25) is 0 Å². The molecule has 0 N–H and O–H groups in total. The van der Waals surface area contributed by atoms with Gasteiger partial charge in [0.2, 0.25) is 5.75 Å². The highest BCUT2D eigenvalue weighted by molar-refractivity contribution is 5.54. The van der Waals surface area contributed by atoms with Gasteiger partial charge < -0.3 is 4.74 Å². The lowest BCUT2D eigenvalue weighted by Crippen LogP contribution is -2.19. The monoisotopic (exact) mass is 356 g/mol. The van der Waals surface area contributed by atoms with Crippen molar-refractivity contribution in [3.05, 3.63) is 78.7 Å². The molecule has 1 aromatic carbocycles. The van der Waals surface area contributed by atoms with E-state index in [1.54, 1.807) is 12.1 Å². The van der Waals surface area contributed by atoms with Crippen LogP contribution in [0.25, 0.3) is 5.65 Å². The van der Waals surface area contributed by atoms with Gasteiger partial charge in [-0.15, -0.1) is 0 Å². The summed E-state index contributed by atoms with van der Waals surface area (Å²) in [7, 11) is 0. The Kier molecular flexibility index (Phi) is 4.31. The zero-order valence-electron chi connectivity index (χ0n) is 13.5. The molecule has 10 nitrogen and oxygen atoms in total. The van der Waals surface area contributed by atoms with Crippen LogP contribution in [0.5, 0.6) is 11.6 Å². The highest BCUT2D eigenvalue weighted by Gasteiger charge is 2.28. The van der Waals surface area contributed by atoms with Crippen molar-refractivity contribution in [2.45, 2.75) is 13.3 Å². The van der Waals surface area contributed by atoms with Crippen LogP contribution in [0.4, 0.5) is 11.4 Å². The van der Waals surface area contributed by atoms with Gasteiger partial charge >= 0.3 is 22.8 Å². The Morgan fingerprint density at radius 3 is 2.58 bits per heavy atom. The van der Waals surface area contributed by atoms with E-state index >= 15 is 0 Å². The van der Waals surface area contributed by atoms with Crippen molar-refractivity contribution in [1.82, 2.24) is 9.38 Å². The van der Waals surface area contributed by atoms with Gasteiger partial charge in [0.1, 0.15) is 5.65 Å². The second-order valence-electron chi connectivity index (χ2n) is 5.27. The maximum Gasteiger partial charge on any atom is 0.396 e. The van der Waals surface area contributed by atoms with Crippen molar-refractivity contribution in [2.24, 2.45) is 0 Å². The van der Waals surface area contributed by atoms with Crippen molar-refractivity contribution in [3.63, 3.8) is 0 Å². The molecule has 3 rings (SSSR count). The van der Waals surface area contributed by atoms with Crippen LogP contribution >= 0.6 is 0 Å². The van der Waals surface area contributed by atoms with Crippen LogP contribution in [-0.4, -0.2) is 19.2 Å². The van der Waals surface area contributed by atoms with Crippen LogP contribution in [0.3, 0.4) is 0 Å². The van der Waals surface area contributed by atoms with E-state index in [4.69, 9.17) is 4.74 Å². The van der Waals surface area contributed by atoms with E-state index in [0.29, 0.717) is 12.0 Å². The average molecular weight is 356 g/mol. The highest BCUT2D eigenvalue weighted by atomic mass is 16.6. The largest absolute Gasteiger partial charge is 0.426 e. The summed E-state index contributed by atoms with van der Waals surface area (Å²) in [5, 5.41) is 22.6. The topological polar surface area (TPSA) is 130 Å². The van der Waals surface area contributed by atoms with E-state index in [2.05, 4.69) is 4.98 Å². The van der Waals surface area contributed by atoms with Gasteiger partial charge in [-0.05, 0) is 30.2 Å². The Hall–Kier alpha value is -3.82. The molecule has 0 unspecified atom stereocenters. The first-order chi connectivity index (χ1) is 12.4. The normalized spacial score (nSPS) is 10.7. The second-order valence-corrected chi connectivity index (χ2v) is 5.27. The van der Waals surface area contributed by atoms with Crippen LogP contribution in [0.1, 0.15) is 12.5 Å². The first-order valence-electron chi connectivity index (χ1n) is 7.53. The second kappa shape index (κ2) is 6.59. The predicted octanol–water partition coefficient (Wildman–Crippen LogP) is 2.87. The number of nitro groups is 2. The van der Waals surface area contributed by atoms with Crippen molar-refractivity contribution >= 4 is 17.0 Å². The number of rotatable bonds is 5. The summed E-state index contributed by atoms with van der Waals surface area (Å²) in [6, 6.07) is 8.82. The molecule has 0 bridgehead atoms. The molecule has 0 radical (unpaired) electrons. The fourth-order valence-electron chi connectivity index (χ4n) is 2.40. The van der Waals surface area contributed by atoms with Gasteiger partial charge in [0.15, 0.2) is 0 Å². The molecule has 26 heavy (non-hydrogen) atoms. The molecule has 2 heterocycles. The maximum absolute atomic E-state index is 12.4. The van der Waals surface area contributed by atoms with Gasteiger partial charge in [0.05, 0.1) is 9.85 Å². The molecule has 0 aliphatic rings. The Bertz CT molecular complexity index is 1090. The molecule has 0 spiro atoms. The Morgan fingerprint density at radius 1 is 1.15 bits per heavy atom. The number of benzene rings is 1. The van der Waals surface area contributed by atoms with E-state index in [9.17, 15) is 25.0 Å². The third-order valence-corrected chi connectivity index (χ3v) is 3.70. The molecule has 0 fully saturated rings. The van der Waals surface area contributed by atoms with Crippen molar-refractivity contribution in [1.29, 1.82) is 0 Å². The predicted molar refractivity (Wildman–Crippen MR) is 90.7 cm³/mol. The van der Waals surface area contributed by atoms with Crippen LogP contribution in [0.15, 0.2) is 47.4 Å². The number of hydrogen-bond donors (Lipinski definition) is 0. The van der Waals surface area contributed by atoms with Gasteiger partial charge in [-0.1, -0.05) is 19.1 Å². The van der Waals surface area contributed by atoms with E-state index in [0.717, 1.165) is 4.40 Å². The van der Waals surface area contributed by atoms with Gasteiger partial charge in [0, 0.05) is 12.3 Å². The standard InChI is InChI=1S/C16H12N4O6/c1-2-10-6-7-12(11(9-10)19(22)23)26-15-14(20(24)25)16(21)18-8-4-3-5-13(18)17-15/h3-9H,2H2,1H3. The summed E-state index contributed by atoms with van der Waals surface area (Å²) >= 11 is 0. The molecule has 0 aliphatic carbocycles. The van der Waals surface area contributed by atoms with Gasteiger partial charge in [0.25, 0.3) is 0 Å². The van der Waals surface area contributed by atoms with Crippen LogP contribution in [0, 0.1) is 20.2 Å². The van der Waals surface area contributed by atoms with Crippen LogP contribution < -0.4 is 10.3 Å². The summed E-state index contributed by atoms with van der Waals surface area (Å²) in [5.74, 6) is -0.832. The first kappa shape index (κ1) is 17.0. The number of fused-ring (bicyclic) bond motifs is 1. The number of aromatic nitrogens is 2. The fourth-order valence-corrected chi connectivity index (χ4v) is 2.40. The molecule has 0 aliphatic heterocycles. The molecular weight excluding hydrogens is 344 g/mol. The third-order valence-electron chi connectivity index (χ3n) is 3.70. The molecule has 0 atom stereocenters. The van der Waals surface area contributed by atoms with Gasteiger partial charge in [-0.25, -0.2) is 0 Å². The lowest BCUT2D eigenvalue weighted by Gasteiger charge is -2.08. The van der Waals surface area contributed by atoms with Crippen molar-refractivity contribution in [2.75, 3.05) is 0 Å². The summed E-state index contributed by atoms with van der Waals surface area (Å²) in [6.45, 7) is 1.83. The van der Waals surface area contributed by atoms with E-state index in [1.165, 1.54) is 30.5 Å². The number of aryl methyl sites for hydroxylation is 1. The molecule has 0 saturated carbocycles. The quantitative estimate of drug-likeness (QED) is 0.507. The van der Waals surface area contributed by atoms with E-state index < -0.39 is 27.0 Å². The first-order valence-corrected chi connectivity index (χ1v) is 7.53. The minimum absolute atomic E-state index is 0.117. The maximum atomic E-state index is 12.4. The molecule has 132 valence electrons. The van der Waals surface area contributed by atoms with Crippen LogP contribution in [-0.2, 0) is 6.42 Å². The zero-order valence-corrected chi connectivity index (χ0v) is 13.5. The fraction of sp³-hybridized carbons (Fsp3) is 0.125. The molecule has 2 aromatic heterocycles.